The molecular weight excluding hydrogens is 245 g/mol. The number of benzene rings is 2. The third kappa shape index (κ3) is 1.85. The normalized spacial score (nSPS) is 12.1. The average Bonchev–Trinajstić information content (AvgIpc) is 2.46. The molecule has 3 nitrogen and oxygen atoms in total. The van der Waals surface area contributed by atoms with Gasteiger partial charge in [0.15, 0.2) is 0 Å². The number of hydrogen-bond acceptors (Lipinski definition) is 3. The van der Waals surface area contributed by atoms with E-state index < -0.39 is 5.82 Å². The number of hydrogen-bond donors (Lipinski definition) is 1. The first-order chi connectivity index (χ1) is 9.22. The van der Waals surface area contributed by atoms with Crippen LogP contribution in [0.5, 0.6) is 5.75 Å². The van der Waals surface area contributed by atoms with E-state index in [0.29, 0.717) is 23.5 Å². The van der Waals surface area contributed by atoms with E-state index in [1.165, 1.54) is 12.1 Å². The third-order valence-corrected chi connectivity index (χ3v) is 3.23. The summed E-state index contributed by atoms with van der Waals surface area (Å²) in [7, 11) is 0. The maximum atomic E-state index is 13.8. The first kappa shape index (κ1) is 11.7. The fraction of sp³-hybridized carbons (Fsp3) is 0.133. The number of rotatable bonds is 1. The van der Waals surface area contributed by atoms with Crippen molar-refractivity contribution in [2.45, 2.75) is 13.2 Å². The van der Waals surface area contributed by atoms with Gasteiger partial charge in [-0.3, -0.25) is 0 Å². The Balaban J connectivity index is 2.23. The Morgan fingerprint density at radius 1 is 1.26 bits per heavy atom. The van der Waals surface area contributed by atoms with E-state index in [9.17, 15) is 4.39 Å². The molecule has 0 aromatic heterocycles. The fourth-order valence-corrected chi connectivity index (χ4v) is 2.22. The van der Waals surface area contributed by atoms with Gasteiger partial charge in [0.05, 0.1) is 18.2 Å². The molecule has 19 heavy (non-hydrogen) atoms. The molecule has 1 aliphatic rings. The monoisotopic (exact) mass is 255 g/mol. The van der Waals surface area contributed by atoms with Crippen molar-refractivity contribution in [1.29, 1.82) is 5.26 Å². The summed E-state index contributed by atoms with van der Waals surface area (Å²) in [5, 5.41) is 18.0. The van der Waals surface area contributed by atoms with Gasteiger partial charge in [-0.15, -0.1) is 0 Å². The van der Waals surface area contributed by atoms with Gasteiger partial charge in [0.2, 0.25) is 0 Å². The first-order valence-electron chi connectivity index (χ1n) is 5.82. The standard InChI is InChI=1S/C15H10FNO2/c16-14-5-13-12-3-9(6-17)1-2-10(12)8-19-15(13)4-11(14)7-18/h1-5,18H,7-8H2. The van der Waals surface area contributed by atoms with Crippen LogP contribution in [0, 0.1) is 17.1 Å². The minimum absolute atomic E-state index is 0.207. The zero-order chi connectivity index (χ0) is 13.4. The molecule has 4 heteroatoms. The Hall–Kier alpha value is -2.38. The van der Waals surface area contributed by atoms with Crippen molar-refractivity contribution in [3.63, 3.8) is 0 Å². The first-order valence-corrected chi connectivity index (χ1v) is 5.82. The topological polar surface area (TPSA) is 53.2 Å². The van der Waals surface area contributed by atoms with Gasteiger partial charge in [-0.1, -0.05) is 6.07 Å². The summed E-state index contributed by atoms with van der Waals surface area (Å²) < 4.78 is 19.3. The van der Waals surface area contributed by atoms with Crippen LogP contribution in [0.2, 0.25) is 0 Å². The van der Waals surface area contributed by atoms with Crippen molar-refractivity contribution < 1.29 is 14.2 Å². The maximum absolute atomic E-state index is 13.8. The Kier molecular flexibility index (Phi) is 2.69. The van der Waals surface area contributed by atoms with Crippen LogP contribution in [0.25, 0.3) is 11.1 Å². The van der Waals surface area contributed by atoms with Crippen molar-refractivity contribution in [1.82, 2.24) is 0 Å². The van der Waals surface area contributed by atoms with Crippen LogP contribution < -0.4 is 4.74 Å². The number of aliphatic hydroxyl groups is 1. The van der Waals surface area contributed by atoms with E-state index in [1.54, 1.807) is 12.1 Å². The number of halogens is 1. The van der Waals surface area contributed by atoms with Gasteiger partial charge in [0.1, 0.15) is 18.2 Å². The summed E-state index contributed by atoms with van der Waals surface area (Å²) in [6.07, 6.45) is 0. The van der Waals surface area contributed by atoms with Crippen LogP contribution in [0.1, 0.15) is 16.7 Å². The molecule has 1 aliphatic heterocycles. The molecule has 0 radical (unpaired) electrons. The summed E-state index contributed by atoms with van der Waals surface area (Å²) in [6, 6.07) is 10.2. The van der Waals surface area contributed by atoms with E-state index >= 15 is 0 Å². The summed E-state index contributed by atoms with van der Waals surface area (Å²) in [5.74, 6) is 0.0631. The van der Waals surface area contributed by atoms with Crippen molar-refractivity contribution in [2.75, 3.05) is 0 Å². The Morgan fingerprint density at radius 3 is 2.84 bits per heavy atom. The predicted molar refractivity (Wildman–Crippen MR) is 66.8 cm³/mol. The molecule has 0 fully saturated rings. The van der Waals surface area contributed by atoms with Gasteiger partial charge >= 0.3 is 0 Å². The molecular formula is C15H10FNO2. The van der Waals surface area contributed by atoms with Gasteiger partial charge in [-0.05, 0) is 35.4 Å². The number of aliphatic hydroxyl groups excluding tert-OH is 1. The summed E-state index contributed by atoms with van der Waals surface area (Å²) in [4.78, 5) is 0. The van der Waals surface area contributed by atoms with Gasteiger partial charge < -0.3 is 9.84 Å². The van der Waals surface area contributed by atoms with Crippen molar-refractivity contribution in [2.24, 2.45) is 0 Å². The largest absolute Gasteiger partial charge is 0.488 e. The van der Waals surface area contributed by atoms with Gasteiger partial charge in [-0.25, -0.2) is 4.39 Å². The summed E-state index contributed by atoms with van der Waals surface area (Å²) in [6.45, 7) is 0.0120. The highest BCUT2D eigenvalue weighted by Gasteiger charge is 2.20. The Labute approximate surface area is 109 Å². The number of ether oxygens (including phenoxy) is 1. The van der Waals surface area contributed by atoms with Crippen LogP contribution >= 0.6 is 0 Å². The molecule has 0 saturated carbocycles. The molecule has 0 bridgehead atoms. The molecule has 2 aromatic rings. The summed E-state index contributed by atoms with van der Waals surface area (Å²) in [5.41, 5.74) is 3.08. The van der Waals surface area contributed by atoms with Crippen molar-refractivity contribution >= 4 is 0 Å². The lowest BCUT2D eigenvalue weighted by Crippen LogP contribution is -2.07. The highest BCUT2D eigenvalue weighted by molar-refractivity contribution is 5.76. The lowest BCUT2D eigenvalue weighted by atomic mass is 9.94. The molecule has 1 heterocycles. The molecule has 0 unspecified atom stereocenters. The molecule has 94 valence electrons. The van der Waals surface area contributed by atoms with Crippen LogP contribution in [-0.2, 0) is 13.2 Å². The van der Waals surface area contributed by atoms with Crippen LogP contribution in [0.4, 0.5) is 4.39 Å². The lowest BCUT2D eigenvalue weighted by molar-refractivity contribution is 0.271. The smallest absolute Gasteiger partial charge is 0.129 e. The fourth-order valence-electron chi connectivity index (χ4n) is 2.22. The molecule has 2 aromatic carbocycles. The lowest BCUT2D eigenvalue weighted by Gasteiger charge is -2.21. The molecule has 1 N–H and O–H groups in total. The molecule has 0 saturated heterocycles. The highest BCUT2D eigenvalue weighted by Crippen LogP contribution is 2.39. The molecule has 0 atom stereocenters. The van der Waals surface area contributed by atoms with Crippen LogP contribution in [0.15, 0.2) is 30.3 Å². The van der Waals surface area contributed by atoms with Gasteiger partial charge in [0, 0.05) is 11.1 Å². The zero-order valence-electron chi connectivity index (χ0n) is 9.98. The quantitative estimate of drug-likeness (QED) is 0.852. The molecule has 0 aliphatic carbocycles. The van der Waals surface area contributed by atoms with Crippen molar-refractivity contribution in [3.05, 3.63) is 52.8 Å². The number of nitriles is 1. The minimum atomic E-state index is -0.472. The molecule has 0 spiro atoms. The van der Waals surface area contributed by atoms with E-state index in [0.717, 1.165) is 11.1 Å². The Morgan fingerprint density at radius 2 is 2.11 bits per heavy atom. The average molecular weight is 255 g/mol. The SMILES string of the molecule is N#Cc1ccc2c(c1)-c1cc(F)c(CO)cc1OC2. The zero-order valence-corrected chi connectivity index (χ0v) is 9.98. The maximum Gasteiger partial charge on any atom is 0.129 e. The minimum Gasteiger partial charge on any atom is -0.488 e. The number of nitrogens with zero attached hydrogens (tertiary/aromatic N) is 1. The van der Waals surface area contributed by atoms with Gasteiger partial charge in [0.25, 0.3) is 0 Å². The second-order valence-electron chi connectivity index (χ2n) is 4.37. The van der Waals surface area contributed by atoms with Gasteiger partial charge in [-0.2, -0.15) is 5.26 Å². The highest BCUT2D eigenvalue weighted by atomic mass is 19.1. The molecule has 0 amide bonds. The van der Waals surface area contributed by atoms with Crippen LogP contribution in [0.3, 0.4) is 0 Å². The number of fused-ring (bicyclic) bond motifs is 3. The van der Waals surface area contributed by atoms with Crippen LogP contribution in [-0.4, -0.2) is 5.11 Å². The van der Waals surface area contributed by atoms with E-state index in [4.69, 9.17) is 15.1 Å². The predicted octanol–water partition coefficient (Wildman–Crippen LogP) is 2.75. The van der Waals surface area contributed by atoms with Crippen molar-refractivity contribution in [3.8, 4) is 22.9 Å². The second-order valence-corrected chi connectivity index (χ2v) is 4.37. The summed E-state index contributed by atoms with van der Waals surface area (Å²) >= 11 is 0. The van der Waals surface area contributed by atoms with E-state index in [-0.39, 0.29) is 12.2 Å². The Bertz CT molecular complexity index is 704. The second kappa shape index (κ2) is 4.38. The molecule has 3 rings (SSSR count). The van der Waals surface area contributed by atoms with E-state index in [1.807, 2.05) is 6.07 Å². The third-order valence-electron chi connectivity index (χ3n) is 3.23. The van der Waals surface area contributed by atoms with E-state index in [2.05, 4.69) is 6.07 Å².